The summed E-state index contributed by atoms with van der Waals surface area (Å²) in [7, 11) is 0. The molecule has 0 fully saturated rings. The summed E-state index contributed by atoms with van der Waals surface area (Å²) in [5.74, 6) is 1.58. The van der Waals surface area contributed by atoms with E-state index in [-0.39, 0.29) is 13.4 Å². The first-order valence-corrected chi connectivity index (χ1v) is 35.8. The van der Waals surface area contributed by atoms with E-state index >= 15 is 0 Å². The number of benzene rings is 16. The van der Waals surface area contributed by atoms with Gasteiger partial charge in [0, 0.05) is 91.3 Å². The molecule has 0 saturated carbocycles. The van der Waals surface area contributed by atoms with Crippen molar-refractivity contribution >= 4 is 132 Å². The Balaban J connectivity index is 0.909. The molecule has 0 atom stereocenters. The van der Waals surface area contributed by atoms with Gasteiger partial charge in [-0.15, -0.1) is 0 Å². The highest BCUT2D eigenvalue weighted by molar-refractivity contribution is 7.02. The molecule has 6 nitrogen and oxygen atoms in total. The number of fused-ring (bicyclic) bond motifs is 8. The number of para-hydroxylation sites is 9. The second kappa shape index (κ2) is 25.3. The Morgan fingerprint density at radius 1 is 0.221 bits per heavy atom. The van der Waals surface area contributed by atoms with Gasteiger partial charge in [0.2, 0.25) is 0 Å². The third-order valence-corrected chi connectivity index (χ3v) is 21.2. The molecule has 0 saturated heterocycles. The van der Waals surface area contributed by atoms with Gasteiger partial charge in [-0.05, 0) is 146 Å². The van der Waals surface area contributed by atoms with E-state index in [0.717, 1.165) is 152 Å². The van der Waals surface area contributed by atoms with Crippen molar-refractivity contribution in [3.05, 3.63) is 394 Å². The van der Waals surface area contributed by atoms with Gasteiger partial charge in [-0.2, -0.15) is 0 Å². The minimum Gasteiger partial charge on any atom is -0.458 e. The van der Waals surface area contributed by atoms with Gasteiger partial charge in [0.1, 0.15) is 11.5 Å². The van der Waals surface area contributed by atoms with Crippen molar-refractivity contribution in [3.8, 4) is 56.0 Å². The SMILES string of the molecule is c1ccc(-c2ccccc2N(c2ccccc2)c2cc3c4c(c2)N(c2ccccc2-c2ccccc2)c2ccccc2B4c2cc4c(cc2O3)N(c2c(-c3ccccc3)cccc2-c2ccccc2)c2cc(N(c3ccccc3)c3ccccc3)cc3c2B4c2ccccc2N3c2ccccc2)cc1. The molecule has 4 heterocycles. The average Bonchev–Trinajstić information content (AvgIpc) is 0.686. The van der Waals surface area contributed by atoms with Gasteiger partial charge in [-0.1, -0.05) is 291 Å². The van der Waals surface area contributed by atoms with Crippen LogP contribution in [0.4, 0.5) is 85.3 Å². The fraction of sp³-hybridized carbons (Fsp3) is 0. The molecule has 0 radical (unpaired) electrons. The number of anilines is 15. The maximum atomic E-state index is 8.12. The predicted octanol–water partition coefficient (Wildman–Crippen LogP) is 21.8. The van der Waals surface area contributed by atoms with Crippen molar-refractivity contribution in [3.63, 3.8) is 0 Å². The second-order valence-electron chi connectivity index (χ2n) is 27.0. The number of rotatable bonds is 13. The highest BCUT2D eigenvalue weighted by atomic mass is 16.5. The molecule has 20 rings (SSSR count). The third-order valence-electron chi connectivity index (χ3n) is 21.2. The maximum Gasteiger partial charge on any atom is 0.256 e. The Morgan fingerprint density at radius 2 is 0.615 bits per heavy atom. The zero-order valence-electron chi connectivity index (χ0n) is 56.8. The summed E-state index contributed by atoms with van der Waals surface area (Å²) in [6.07, 6.45) is 0. The van der Waals surface area contributed by atoms with E-state index in [1.807, 2.05) is 0 Å². The summed E-state index contributed by atoms with van der Waals surface area (Å²) in [5, 5.41) is 0. The summed E-state index contributed by atoms with van der Waals surface area (Å²) in [6.45, 7) is -0.535. The van der Waals surface area contributed by atoms with E-state index in [1.165, 1.54) is 21.9 Å². The Kier molecular flexibility index (Phi) is 14.7. The highest BCUT2D eigenvalue weighted by Gasteiger charge is 2.49. The third kappa shape index (κ3) is 9.97. The van der Waals surface area contributed by atoms with Crippen LogP contribution in [-0.2, 0) is 0 Å². The van der Waals surface area contributed by atoms with Crippen LogP contribution in [0.25, 0.3) is 44.5 Å². The summed E-state index contributed by atoms with van der Waals surface area (Å²) >= 11 is 0. The van der Waals surface area contributed by atoms with Crippen molar-refractivity contribution in [1.82, 2.24) is 0 Å². The Hall–Kier alpha value is -13.6. The van der Waals surface area contributed by atoms with E-state index in [2.05, 4.69) is 419 Å². The monoisotopic (exact) mass is 1330 g/mol. The molecule has 0 N–H and O–H groups in total. The first kappa shape index (κ1) is 60.4. The average molecular weight is 1330 g/mol. The Morgan fingerprint density at radius 3 is 1.17 bits per heavy atom. The number of hydrogen-bond acceptors (Lipinski definition) is 6. The first-order valence-electron chi connectivity index (χ1n) is 35.8. The van der Waals surface area contributed by atoms with Crippen LogP contribution in [0, 0.1) is 0 Å². The molecule has 4 aliphatic rings. The van der Waals surface area contributed by atoms with Crippen molar-refractivity contribution in [2.75, 3.05) is 24.5 Å². The topological polar surface area (TPSA) is 25.4 Å². The maximum absolute atomic E-state index is 8.12. The van der Waals surface area contributed by atoms with E-state index in [1.54, 1.807) is 0 Å². The number of hydrogen-bond donors (Lipinski definition) is 0. The van der Waals surface area contributed by atoms with Gasteiger partial charge in [-0.3, -0.25) is 0 Å². The standard InChI is InChI=1S/C96H65B2N5O/c1-9-34-66(35-10-1)76-50-25-29-56-84(76)100(72-46-21-7-22-47-72)75-62-91-95-93(63-75)104-92-65-88-82(64-83(92)98(95)81-55-28-32-59-87(81)102(91)85-57-30-26-51-77(85)67-36-11-2-12-37-67)97-80-54-27-31-58-86(80)101(73-48-23-8-24-49-73)89-60-74(99(70-42-17-5-18-43-70)71-44-19-6-20-45-71)61-90(94(89)97)103(88)96-78(68-38-13-3-14-39-68)52-33-53-79(96)69-40-15-4-16-41-69/h1-65H. The summed E-state index contributed by atoms with van der Waals surface area (Å²) in [5.41, 5.74) is 31.7. The molecule has 0 spiro atoms. The number of nitrogens with zero attached hydrogens (tertiary/aromatic N) is 5. The van der Waals surface area contributed by atoms with Crippen molar-refractivity contribution in [2.24, 2.45) is 0 Å². The van der Waals surface area contributed by atoms with Crippen LogP contribution >= 0.6 is 0 Å². The molecule has 4 aliphatic heterocycles. The van der Waals surface area contributed by atoms with Gasteiger partial charge in [0.25, 0.3) is 13.4 Å². The van der Waals surface area contributed by atoms with Crippen LogP contribution < -0.4 is 62.0 Å². The fourth-order valence-corrected chi connectivity index (χ4v) is 16.9. The Bertz CT molecular complexity index is 5840. The summed E-state index contributed by atoms with van der Waals surface area (Å²) in [4.78, 5) is 12.5. The van der Waals surface area contributed by atoms with Crippen LogP contribution in [0.3, 0.4) is 0 Å². The van der Waals surface area contributed by atoms with E-state index in [0.29, 0.717) is 0 Å². The molecule has 0 aliphatic carbocycles. The molecule has 104 heavy (non-hydrogen) atoms. The number of ether oxygens (including phenoxy) is 1. The quantitative estimate of drug-likeness (QED) is 0.107. The van der Waals surface area contributed by atoms with E-state index in [4.69, 9.17) is 4.74 Å². The molecular weight excluding hydrogens is 1260 g/mol. The lowest BCUT2D eigenvalue weighted by molar-refractivity contribution is 0.488. The van der Waals surface area contributed by atoms with Gasteiger partial charge in [-0.25, -0.2) is 0 Å². The Labute approximate surface area is 607 Å². The molecule has 0 unspecified atom stereocenters. The predicted molar refractivity (Wildman–Crippen MR) is 437 cm³/mol. The summed E-state index contributed by atoms with van der Waals surface area (Å²) in [6, 6.07) is 144. The highest BCUT2D eigenvalue weighted by Crippen LogP contribution is 2.55. The molecule has 16 aromatic rings. The largest absolute Gasteiger partial charge is 0.458 e. The van der Waals surface area contributed by atoms with Crippen LogP contribution in [0.1, 0.15) is 0 Å². The molecular formula is C96H65B2N5O. The molecule has 8 heteroatoms. The molecule has 0 bridgehead atoms. The van der Waals surface area contributed by atoms with Gasteiger partial charge in [0.05, 0.1) is 28.4 Å². The lowest BCUT2D eigenvalue weighted by Gasteiger charge is -2.46. The lowest BCUT2D eigenvalue weighted by Crippen LogP contribution is -2.64. The van der Waals surface area contributed by atoms with Crippen molar-refractivity contribution in [2.45, 2.75) is 0 Å². The van der Waals surface area contributed by atoms with Gasteiger partial charge >= 0.3 is 0 Å². The zero-order chi connectivity index (χ0) is 68.6. The second-order valence-corrected chi connectivity index (χ2v) is 27.0. The molecule has 16 aromatic carbocycles. The first-order chi connectivity index (χ1) is 51.7. The molecule has 486 valence electrons. The van der Waals surface area contributed by atoms with Gasteiger partial charge < -0.3 is 29.2 Å². The molecule has 0 aromatic heterocycles. The summed E-state index contributed by atoms with van der Waals surface area (Å²) < 4.78 is 8.12. The van der Waals surface area contributed by atoms with E-state index in [9.17, 15) is 0 Å². The van der Waals surface area contributed by atoms with Crippen LogP contribution in [-0.4, -0.2) is 13.4 Å². The minimum atomic E-state index is -0.278. The van der Waals surface area contributed by atoms with Crippen LogP contribution in [0.15, 0.2) is 394 Å². The minimum absolute atomic E-state index is 0.256. The smallest absolute Gasteiger partial charge is 0.256 e. The van der Waals surface area contributed by atoms with Gasteiger partial charge in [0.15, 0.2) is 0 Å². The normalized spacial score (nSPS) is 12.6. The fourth-order valence-electron chi connectivity index (χ4n) is 16.9. The van der Waals surface area contributed by atoms with Crippen molar-refractivity contribution < 1.29 is 4.74 Å². The zero-order valence-corrected chi connectivity index (χ0v) is 56.8. The van der Waals surface area contributed by atoms with Crippen LogP contribution in [0.2, 0.25) is 0 Å². The van der Waals surface area contributed by atoms with E-state index < -0.39 is 0 Å². The lowest BCUT2D eigenvalue weighted by atomic mass is 9.30. The van der Waals surface area contributed by atoms with Crippen molar-refractivity contribution in [1.29, 1.82) is 0 Å². The molecule has 0 amide bonds. The van der Waals surface area contributed by atoms with Crippen LogP contribution in [0.5, 0.6) is 11.5 Å².